The molecule has 4 saturated carbocycles. The van der Waals surface area contributed by atoms with Crippen LogP contribution in [0.3, 0.4) is 0 Å². The number of aliphatic hydroxyl groups is 1. The molecule has 3 N–H and O–H groups in total. The first-order valence-corrected chi connectivity index (χ1v) is 9.44. The lowest BCUT2D eigenvalue weighted by molar-refractivity contribution is -0.113. The SMILES string of the molecule is C[C@]12CC[C@H](O)CC1CC[C@@H]1[C@@H]2CC[C@]2(C)C(=NN)CC[C@@H]12. The molecule has 0 aromatic carbocycles. The van der Waals surface area contributed by atoms with Crippen LogP contribution < -0.4 is 5.84 Å². The molecule has 3 nitrogen and oxygen atoms in total. The fourth-order valence-electron chi connectivity index (χ4n) is 7.24. The van der Waals surface area contributed by atoms with Crippen molar-refractivity contribution in [3.63, 3.8) is 0 Å². The summed E-state index contributed by atoms with van der Waals surface area (Å²) in [5.41, 5.74) is 2.06. The molecule has 3 heteroatoms. The smallest absolute Gasteiger partial charge is 0.0543 e. The summed E-state index contributed by atoms with van der Waals surface area (Å²) in [7, 11) is 0. The highest BCUT2D eigenvalue weighted by molar-refractivity contribution is 5.92. The van der Waals surface area contributed by atoms with E-state index in [0.29, 0.717) is 5.41 Å². The molecule has 0 aromatic rings. The number of nitrogens with zero attached hydrogens (tertiary/aromatic N) is 1. The van der Waals surface area contributed by atoms with Crippen LogP contribution in [-0.2, 0) is 0 Å². The van der Waals surface area contributed by atoms with Crippen molar-refractivity contribution in [3.05, 3.63) is 0 Å². The molecule has 4 rings (SSSR count). The van der Waals surface area contributed by atoms with Gasteiger partial charge in [0, 0.05) is 11.1 Å². The van der Waals surface area contributed by atoms with E-state index in [4.69, 9.17) is 5.84 Å². The van der Waals surface area contributed by atoms with Crippen LogP contribution in [0.15, 0.2) is 5.10 Å². The Morgan fingerprint density at radius 3 is 2.64 bits per heavy atom. The number of nitrogens with two attached hydrogens (primary N) is 1. The molecule has 124 valence electrons. The maximum absolute atomic E-state index is 10.1. The van der Waals surface area contributed by atoms with E-state index in [9.17, 15) is 5.11 Å². The zero-order valence-electron chi connectivity index (χ0n) is 14.2. The molecular weight excluding hydrogens is 272 g/mol. The summed E-state index contributed by atoms with van der Waals surface area (Å²) in [4.78, 5) is 0. The molecule has 1 unspecified atom stereocenters. The zero-order valence-corrected chi connectivity index (χ0v) is 14.2. The zero-order chi connectivity index (χ0) is 15.5. The van der Waals surface area contributed by atoms with Gasteiger partial charge in [-0.3, -0.25) is 0 Å². The van der Waals surface area contributed by atoms with Crippen molar-refractivity contribution in [1.29, 1.82) is 0 Å². The number of hydrogen-bond acceptors (Lipinski definition) is 3. The molecule has 0 saturated heterocycles. The molecule has 0 aromatic heterocycles. The largest absolute Gasteiger partial charge is 0.393 e. The van der Waals surface area contributed by atoms with Gasteiger partial charge >= 0.3 is 0 Å². The minimum absolute atomic E-state index is 0.0362. The quantitative estimate of drug-likeness (QED) is 0.529. The summed E-state index contributed by atoms with van der Waals surface area (Å²) in [5.74, 6) is 9.00. The van der Waals surface area contributed by atoms with Crippen LogP contribution in [0.5, 0.6) is 0 Å². The topological polar surface area (TPSA) is 58.6 Å². The average Bonchev–Trinajstić information content (AvgIpc) is 2.84. The fourth-order valence-corrected chi connectivity index (χ4v) is 7.24. The summed E-state index contributed by atoms with van der Waals surface area (Å²) in [6.07, 6.45) is 11.0. The van der Waals surface area contributed by atoms with Gasteiger partial charge in [-0.05, 0) is 86.9 Å². The Morgan fingerprint density at radius 1 is 1.05 bits per heavy atom. The van der Waals surface area contributed by atoms with E-state index in [2.05, 4.69) is 18.9 Å². The van der Waals surface area contributed by atoms with Crippen molar-refractivity contribution in [3.8, 4) is 0 Å². The Bertz CT molecular complexity index is 490. The molecule has 4 aliphatic rings. The van der Waals surface area contributed by atoms with E-state index in [0.717, 1.165) is 42.9 Å². The van der Waals surface area contributed by atoms with Gasteiger partial charge in [0.25, 0.3) is 0 Å². The maximum Gasteiger partial charge on any atom is 0.0543 e. The average molecular weight is 304 g/mol. The van der Waals surface area contributed by atoms with Crippen molar-refractivity contribution in [2.75, 3.05) is 0 Å². The number of aliphatic hydroxyl groups excluding tert-OH is 1. The molecule has 7 atom stereocenters. The van der Waals surface area contributed by atoms with Crippen LogP contribution in [-0.4, -0.2) is 16.9 Å². The second kappa shape index (κ2) is 4.96. The Morgan fingerprint density at radius 2 is 1.86 bits per heavy atom. The van der Waals surface area contributed by atoms with Gasteiger partial charge in [0.05, 0.1) is 6.10 Å². The van der Waals surface area contributed by atoms with Crippen molar-refractivity contribution in [2.45, 2.75) is 77.7 Å². The van der Waals surface area contributed by atoms with Crippen LogP contribution in [0.4, 0.5) is 0 Å². The molecule has 0 amide bonds. The molecular formula is C19H32N2O. The summed E-state index contributed by atoms with van der Waals surface area (Å²) in [6.45, 7) is 4.99. The van der Waals surface area contributed by atoms with E-state index < -0.39 is 0 Å². The van der Waals surface area contributed by atoms with Crippen LogP contribution in [0.2, 0.25) is 0 Å². The van der Waals surface area contributed by atoms with Gasteiger partial charge < -0.3 is 10.9 Å². The first kappa shape index (κ1) is 15.0. The standard InChI is InChI=1S/C19H32N2O/c1-18-9-7-13(22)11-12(18)3-4-14-15-5-6-17(21-20)19(15,2)10-8-16(14)18/h12-16,22H,3-11,20H2,1-2H3/t12?,13-,14-,15-,16-,18-,19-/m0/s1. The van der Waals surface area contributed by atoms with Crippen molar-refractivity contribution < 1.29 is 5.11 Å². The van der Waals surface area contributed by atoms with Gasteiger partial charge in [0.1, 0.15) is 0 Å². The van der Waals surface area contributed by atoms with Crippen LogP contribution in [0.1, 0.15) is 71.6 Å². The lowest BCUT2D eigenvalue weighted by Crippen LogP contribution is -2.54. The van der Waals surface area contributed by atoms with E-state index in [1.54, 1.807) is 0 Å². The minimum Gasteiger partial charge on any atom is -0.393 e. The third-order valence-electron chi connectivity index (χ3n) is 8.53. The van der Waals surface area contributed by atoms with Gasteiger partial charge in [-0.1, -0.05) is 13.8 Å². The molecule has 0 bridgehead atoms. The van der Waals surface area contributed by atoms with E-state index in [1.165, 1.54) is 44.2 Å². The monoisotopic (exact) mass is 304 g/mol. The van der Waals surface area contributed by atoms with E-state index >= 15 is 0 Å². The normalized spacial score (nSPS) is 56.3. The summed E-state index contributed by atoms with van der Waals surface area (Å²) in [6, 6.07) is 0. The minimum atomic E-state index is -0.0362. The molecule has 4 aliphatic carbocycles. The van der Waals surface area contributed by atoms with Gasteiger partial charge in [-0.25, -0.2) is 0 Å². The van der Waals surface area contributed by atoms with Gasteiger partial charge in [-0.15, -0.1) is 0 Å². The van der Waals surface area contributed by atoms with Crippen molar-refractivity contribution in [1.82, 2.24) is 0 Å². The number of hydrazone groups is 1. The Hall–Kier alpha value is -0.570. The molecule has 0 spiro atoms. The lowest BCUT2D eigenvalue weighted by Gasteiger charge is -2.60. The number of fused-ring (bicyclic) bond motifs is 5. The van der Waals surface area contributed by atoms with Crippen molar-refractivity contribution >= 4 is 5.71 Å². The predicted octanol–water partition coefficient (Wildman–Crippen LogP) is 3.70. The van der Waals surface area contributed by atoms with Gasteiger partial charge in [0.2, 0.25) is 0 Å². The molecule has 22 heavy (non-hydrogen) atoms. The summed E-state index contributed by atoms with van der Waals surface area (Å²) in [5, 5.41) is 14.3. The highest BCUT2D eigenvalue weighted by atomic mass is 16.3. The van der Waals surface area contributed by atoms with Crippen molar-refractivity contribution in [2.24, 2.45) is 45.4 Å². The Balaban J connectivity index is 1.63. The fraction of sp³-hybridized carbons (Fsp3) is 0.947. The molecule has 0 radical (unpaired) electrons. The molecule has 0 heterocycles. The lowest BCUT2D eigenvalue weighted by atomic mass is 9.45. The highest BCUT2D eigenvalue weighted by Crippen LogP contribution is 2.65. The van der Waals surface area contributed by atoms with Gasteiger partial charge in [0.15, 0.2) is 0 Å². The third kappa shape index (κ3) is 1.87. The van der Waals surface area contributed by atoms with E-state index in [1.807, 2.05) is 0 Å². The van der Waals surface area contributed by atoms with E-state index in [-0.39, 0.29) is 11.5 Å². The predicted molar refractivity (Wildman–Crippen MR) is 89.4 cm³/mol. The molecule has 0 aliphatic heterocycles. The maximum atomic E-state index is 10.1. The van der Waals surface area contributed by atoms with Gasteiger partial charge in [-0.2, -0.15) is 5.10 Å². The number of hydrogen-bond donors (Lipinski definition) is 2. The Kier molecular flexibility index (Phi) is 3.38. The second-order valence-corrected chi connectivity index (χ2v) is 9.16. The Labute approximate surface area is 134 Å². The van der Waals surface area contributed by atoms with Crippen LogP contribution in [0, 0.1) is 34.5 Å². The first-order chi connectivity index (χ1) is 10.5. The summed E-state index contributed by atoms with van der Waals surface area (Å²) < 4.78 is 0. The highest BCUT2D eigenvalue weighted by Gasteiger charge is 2.59. The first-order valence-electron chi connectivity index (χ1n) is 9.44. The summed E-state index contributed by atoms with van der Waals surface area (Å²) >= 11 is 0. The van der Waals surface area contributed by atoms with Crippen LogP contribution >= 0.6 is 0 Å². The van der Waals surface area contributed by atoms with Crippen LogP contribution in [0.25, 0.3) is 0 Å². The second-order valence-electron chi connectivity index (χ2n) is 9.16. The third-order valence-corrected chi connectivity index (χ3v) is 8.53. The molecule has 4 fully saturated rings. The number of rotatable bonds is 0.